The van der Waals surface area contributed by atoms with Crippen molar-refractivity contribution in [2.45, 2.75) is 0 Å². The molecule has 0 aromatic carbocycles. The van der Waals surface area contributed by atoms with Gasteiger partial charge in [0.05, 0.1) is 0 Å². The van der Waals surface area contributed by atoms with Gasteiger partial charge in [0.25, 0.3) is 0 Å². The molecule has 0 amide bonds. The molecular formula is C6H8N4O2. The van der Waals surface area contributed by atoms with Gasteiger partial charge in [0, 0.05) is 12.4 Å². The van der Waals surface area contributed by atoms with Crippen LogP contribution >= 0.6 is 0 Å². The average molecular weight is 168 g/mol. The summed E-state index contributed by atoms with van der Waals surface area (Å²) in [7, 11) is 0. The number of aromatic nitrogens is 2. The monoisotopic (exact) mass is 168 g/mol. The van der Waals surface area contributed by atoms with Crippen LogP contribution in [0.4, 0.5) is 0 Å². The van der Waals surface area contributed by atoms with Gasteiger partial charge in [0.15, 0.2) is 0 Å². The number of aliphatic carboxylic acids is 1. The van der Waals surface area contributed by atoms with Gasteiger partial charge in [-0.15, -0.1) is 0 Å². The van der Waals surface area contributed by atoms with Crippen LogP contribution in [-0.2, 0) is 4.79 Å². The summed E-state index contributed by atoms with van der Waals surface area (Å²) < 4.78 is 1.29. The maximum Gasteiger partial charge on any atom is 0.325 e. The van der Waals surface area contributed by atoms with Crippen LogP contribution in [0.1, 0.15) is 0 Å². The molecule has 1 heterocycles. The largest absolute Gasteiger partial charge is 0.480 e. The number of hydrogen-bond acceptors (Lipinski definition) is 3. The SMILES string of the molecule is NC(=NCC(=O)O)n1cccn1. The number of hydrogen-bond donors (Lipinski definition) is 2. The van der Waals surface area contributed by atoms with Crippen molar-refractivity contribution in [1.29, 1.82) is 0 Å². The van der Waals surface area contributed by atoms with E-state index in [1.54, 1.807) is 12.3 Å². The molecule has 0 aliphatic heterocycles. The van der Waals surface area contributed by atoms with Gasteiger partial charge in [-0.1, -0.05) is 0 Å². The molecule has 0 atom stereocenters. The molecule has 0 aliphatic rings. The quantitative estimate of drug-likeness (QED) is 0.443. The predicted octanol–water partition coefficient (Wildman–Crippen LogP) is -0.869. The van der Waals surface area contributed by atoms with Crippen molar-refractivity contribution in [2.75, 3.05) is 6.54 Å². The zero-order valence-electron chi connectivity index (χ0n) is 6.21. The van der Waals surface area contributed by atoms with Gasteiger partial charge in [0.2, 0.25) is 5.96 Å². The first kappa shape index (κ1) is 8.25. The Morgan fingerprint density at radius 3 is 3.00 bits per heavy atom. The average Bonchev–Trinajstić information content (AvgIpc) is 2.51. The van der Waals surface area contributed by atoms with E-state index in [9.17, 15) is 4.79 Å². The first-order chi connectivity index (χ1) is 5.70. The topological polar surface area (TPSA) is 93.5 Å². The lowest BCUT2D eigenvalue weighted by Gasteiger charge is -1.97. The van der Waals surface area contributed by atoms with Crippen LogP contribution in [-0.4, -0.2) is 33.4 Å². The van der Waals surface area contributed by atoms with Crippen molar-refractivity contribution >= 4 is 11.9 Å². The number of carbonyl (C=O) groups is 1. The third-order valence-corrected chi connectivity index (χ3v) is 1.12. The highest BCUT2D eigenvalue weighted by atomic mass is 16.4. The molecule has 0 saturated heterocycles. The standard InChI is InChI=1S/C6H8N4O2/c7-6(8-4-5(11)12)10-3-1-2-9-10/h1-3H,4H2,(H2,7,8)(H,11,12). The Kier molecular flexibility index (Phi) is 2.42. The molecule has 0 aliphatic carbocycles. The summed E-state index contributed by atoms with van der Waals surface area (Å²) in [5.74, 6) is -0.951. The van der Waals surface area contributed by atoms with Crippen LogP contribution in [0.3, 0.4) is 0 Å². The minimum absolute atomic E-state index is 0.0717. The highest BCUT2D eigenvalue weighted by Gasteiger charge is 1.97. The van der Waals surface area contributed by atoms with E-state index in [0.717, 1.165) is 0 Å². The van der Waals surface area contributed by atoms with E-state index >= 15 is 0 Å². The van der Waals surface area contributed by atoms with Crippen molar-refractivity contribution in [3.05, 3.63) is 18.5 Å². The third kappa shape index (κ3) is 2.08. The summed E-state index contributed by atoms with van der Waals surface area (Å²) in [6.07, 6.45) is 3.11. The van der Waals surface area contributed by atoms with Crippen LogP contribution in [0.15, 0.2) is 23.5 Å². The molecule has 6 nitrogen and oxygen atoms in total. The van der Waals surface area contributed by atoms with E-state index in [1.807, 2.05) is 0 Å². The lowest BCUT2D eigenvalue weighted by atomic mass is 10.7. The molecule has 0 fully saturated rings. The summed E-state index contributed by atoms with van der Waals surface area (Å²) in [6.45, 7) is -0.342. The molecule has 64 valence electrons. The second-order valence-corrected chi connectivity index (χ2v) is 2.02. The first-order valence-electron chi connectivity index (χ1n) is 3.22. The van der Waals surface area contributed by atoms with Gasteiger partial charge in [-0.05, 0) is 6.07 Å². The minimum atomic E-state index is -1.02. The number of rotatable bonds is 2. The maximum absolute atomic E-state index is 10.1. The van der Waals surface area contributed by atoms with Crippen LogP contribution in [0, 0.1) is 0 Å². The molecule has 12 heavy (non-hydrogen) atoms. The van der Waals surface area contributed by atoms with E-state index in [1.165, 1.54) is 10.9 Å². The molecule has 1 aromatic rings. The number of carboxylic acids is 1. The maximum atomic E-state index is 10.1. The molecule has 0 unspecified atom stereocenters. The van der Waals surface area contributed by atoms with Crippen molar-refractivity contribution in [2.24, 2.45) is 10.7 Å². The molecule has 3 N–H and O–H groups in total. The van der Waals surface area contributed by atoms with Crippen LogP contribution in [0.5, 0.6) is 0 Å². The fourth-order valence-corrected chi connectivity index (χ4v) is 0.625. The summed E-state index contributed by atoms with van der Waals surface area (Å²) in [4.78, 5) is 13.6. The van der Waals surface area contributed by atoms with Crippen molar-refractivity contribution < 1.29 is 9.90 Å². The predicted molar refractivity (Wildman–Crippen MR) is 41.8 cm³/mol. The van der Waals surface area contributed by atoms with Crippen LogP contribution in [0.2, 0.25) is 0 Å². The number of nitrogens with zero attached hydrogens (tertiary/aromatic N) is 3. The summed E-state index contributed by atoms with van der Waals surface area (Å²) >= 11 is 0. The molecular weight excluding hydrogens is 160 g/mol. The van der Waals surface area contributed by atoms with E-state index in [-0.39, 0.29) is 12.5 Å². The lowest BCUT2D eigenvalue weighted by molar-refractivity contribution is -0.135. The smallest absolute Gasteiger partial charge is 0.325 e. The van der Waals surface area contributed by atoms with E-state index < -0.39 is 5.97 Å². The molecule has 1 rings (SSSR count). The number of carboxylic acid groups (broad SMARTS) is 1. The normalized spacial score (nSPS) is 11.5. The van der Waals surface area contributed by atoms with Crippen LogP contribution in [0.25, 0.3) is 0 Å². The van der Waals surface area contributed by atoms with Gasteiger partial charge in [0.1, 0.15) is 6.54 Å². The molecule has 0 bridgehead atoms. The highest BCUT2D eigenvalue weighted by Crippen LogP contribution is 1.82. The Bertz CT molecular complexity index is 291. The first-order valence-corrected chi connectivity index (χ1v) is 3.22. The van der Waals surface area contributed by atoms with Crippen LogP contribution < -0.4 is 5.73 Å². The minimum Gasteiger partial charge on any atom is -0.480 e. The molecule has 1 aromatic heterocycles. The molecule has 0 spiro atoms. The van der Waals surface area contributed by atoms with Crippen molar-refractivity contribution in [3.63, 3.8) is 0 Å². The fourth-order valence-electron chi connectivity index (χ4n) is 0.625. The summed E-state index contributed by atoms with van der Waals surface area (Å²) in [5, 5.41) is 12.0. The third-order valence-electron chi connectivity index (χ3n) is 1.12. The van der Waals surface area contributed by atoms with Gasteiger partial charge < -0.3 is 10.8 Å². The van der Waals surface area contributed by atoms with E-state index in [0.29, 0.717) is 0 Å². The van der Waals surface area contributed by atoms with E-state index in [2.05, 4.69) is 10.1 Å². The Hall–Kier alpha value is -1.85. The zero-order valence-corrected chi connectivity index (χ0v) is 6.21. The van der Waals surface area contributed by atoms with Crippen molar-refractivity contribution in [3.8, 4) is 0 Å². The van der Waals surface area contributed by atoms with Gasteiger partial charge in [-0.3, -0.25) is 4.79 Å². The molecule has 0 radical (unpaired) electrons. The lowest BCUT2D eigenvalue weighted by Crippen LogP contribution is -2.24. The Morgan fingerprint density at radius 2 is 2.50 bits per heavy atom. The second-order valence-electron chi connectivity index (χ2n) is 2.02. The van der Waals surface area contributed by atoms with Crippen molar-refractivity contribution in [1.82, 2.24) is 9.78 Å². The van der Waals surface area contributed by atoms with Gasteiger partial charge in [-0.2, -0.15) is 5.10 Å². The zero-order chi connectivity index (χ0) is 8.97. The van der Waals surface area contributed by atoms with Gasteiger partial charge in [-0.25, -0.2) is 9.67 Å². The fraction of sp³-hybridized carbons (Fsp3) is 0.167. The van der Waals surface area contributed by atoms with Gasteiger partial charge >= 0.3 is 5.97 Å². The number of aliphatic imine (C=N–C) groups is 1. The molecule has 0 saturated carbocycles. The Balaban J connectivity index is 2.65. The summed E-state index contributed by atoms with van der Waals surface area (Å²) in [6, 6.07) is 1.67. The second kappa shape index (κ2) is 3.51. The molecule has 6 heteroatoms. The Morgan fingerprint density at radius 1 is 1.75 bits per heavy atom. The highest BCUT2D eigenvalue weighted by molar-refractivity contribution is 5.82. The number of nitrogens with two attached hydrogens (primary N) is 1. The van der Waals surface area contributed by atoms with E-state index in [4.69, 9.17) is 10.8 Å². The summed E-state index contributed by atoms with van der Waals surface area (Å²) in [5.41, 5.74) is 5.37. The Labute approximate surface area is 68.3 Å².